The monoisotopic (exact) mass is 213 g/mol. The van der Waals surface area contributed by atoms with E-state index in [1.54, 1.807) is 0 Å². The van der Waals surface area contributed by atoms with Crippen LogP contribution in [0, 0.1) is 5.92 Å². The Hall–Kier alpha value is -0.610. The summed E-state index contributed by atoms with van der Waals surface area (Å²) in [5.41, 5.74) is 0. The molecule has 0 aromatic rings. The molecule has 86 valence electrons. The number of carbonyl (C=O) groups is 1. The number of ether oxygens (including phenoxy) is 2. The van der Waals surface area contributed by atoms with E-state index >= 15 is 0 Å². The average molecular weight is 213 g/mol. The molecule has 2 heterocycles. The summed E-state index contributed by atoms with van der Waals surface area (Å²) in [7, 11) is 1.47. The molecule has 0 saturated carbocycles. The van der Waals surface area contributed by atoms with Gasteiger partial charge in [-0.25, -0.2) is 0 Å². The standard InChI is InChI=1S/C11H19NO3/c1-14-11(13)9-4-5-12(7-9)10-3-2-6-15-8-10/h9-10H,2-8H2,1H3. The number of esters is 1. The predicted molar refractivity (Wildman–Crippen MR) is 55.5 cm³/mol. The maximum atomic E-state index is 11.4. The first-order valence-corrected chi connectivity index (χ1v) is 5.71. The Kier molecular flexibility index (Phi) is 3.59. The van der Waals surface area contributed by atoms with Crippen LogP contribution in [0.3, 0.4) is 0 Å². The van der Waals surface area contributed by atoms with Gasteiger partial charge in [0.25, 0.3) is 0 Å². The second kappa shape index (κ2) is 4.94. The van der Waals surface area contributed by atoms with Crippen molar-refractivity contribution >= 4 is 5.97 Å². The molecule has 2 saturated heterocycles. The molecule has 0 aromatic carbocycles. The molecule has 0 aliphatic carbocycles. The Morgan fingerprint density at radius 2 is 2.33 bits per heavy atom. The number of carbonyl (C=O) groups excluding carboxylic acids is 1. The Balaban J connectivity index is 1.83. The maximum Gasteiger partial charge on any atom is 0.310 e. The zero-order chi connectivity index (χ0) is 10.7. The highest BCUT2D eigenvalue weighted by molar-refractivity contribution is 5.72. The molecule has 2 unspecified atom stereocenters. The minimum Gasteiger partial charge on any atom is -0.469 e. The molecule has 0 aromatic heterocycles. The van der Waals surface area contributed by atoms with Gasteiger partial charge in [0.15, 0.2) is 0 Å². The molecule has 2 fully saturated rings. The molecular weight excluding hydrogens is 194 g/mol. The quantitative estimate of drug-likeness (QED) is 0.632. The maximum absolute atomic E-state index is 11.4. The Morgan fingerprint density at radius 3 is 3.00 bits per heavy atom. The first-order chi connectivity index (χ1) is 7.31. The average Bonchev–Trinajstić information content (AvgIpc) is 2.78. The number of likely N-dealkylation sites (tertiary alicyclic amines) is 1. The number of methoxy groups -OCH3 is 1. The summed E-state index contributed by atoms with van der Waals surface area (Å²) in [6.07, 6.45) is 3.28. The van der Waals surface area contributed by atoms with Gasteiger partial charge in [-0.1, -0.05) is 0 Å². The minimum absolute atomic E-state index is 0.0609. The van der Waals surface area contributed by atoms with Crippen LogP contribution in [0.1, 0.15) is 19.3 Å². The van der Waals surface area contributed by atoms with E-state index in [2.05, 4.69) is 4.90 Å². The van der Waals surface area contributed by atoms with E-state index in [1.807, 2.05) is 0 Å². The van der Waals surface area contributed by atoms with Crippen LogP contribution in [0.2, 0.25) is 0 Å². The predicted octanol–water partition coefficient (Wildman–Crippen LogP) is 0.660. The van der Waals surface area contributed by atoms with Crippen molar-refractivity contribution in [1.29, 1.82) is 0 Å². The summed E-state index contributed by atoms with van der Waals surface area (Å²) < 4.78 is 10.2. The van der Waals surface area contributed by atoms with Gasteiger partial charge in [-0.05, 0) is 25.8 Å². The molecule has 2 aliphatic heterocycles. The van der Waals surface area contributed by atoms with Crippen molar-refractivity contribution in [2.45, 2.75) is 25.3 Å². The van der Waals surface area contributed by atoms with Crippen LogP contribution in [0.25, 0.3) is 0 Å². The zero-order valence-electron chi connectivity index (χ0n) is 9.28. The molecular formula is C11H19NO3. The van der Waals surface area contributed by atoms with Crippen molar-refractivity contribution < 1.29 is 14.3 Å². The number of nitrogens with zero attached hydrogens (tertiary/aromatic N) is 1. The van der Waals surface area contributed by atoms with E-state index in [9.17, 15) is 4.79 Å². The Labute approximate surface area is 90.5 Å². The van der Waals surface area contributed by atoms with Crippen molar-refractivity contribution in [2.24, 2.45) is 5.92 Å². The summed E-state index contributed by atoms with van der Waals surface area (Å²) in [6, 6.07) is 0.522. The normalized spacial score (nSPS) is 32.9. The summed E-state index contributed by atoms with van der Waals surface area (Å²) in [5, 5.41) is 0. The number of hydrogen-bond acceptors (Lipinski definition) is 4. The van der Waals surface area contributed by atoms with Gasteiger partial charge in [-0.15, -0.1) is 0 Å². The highest BCUT2D eigenvalue weighted by atomic mass is 16.5. The molecule has 0 radical (unpaired) electrons. The van der Waals surface area contributed by atoms with E-state index < -0.39 is 0 Å². The second-order valence-corrected chi connectivity index (χ2v) is 4.37. The van der Waals surface area contributed by atoms with Gasteiger partial charge in [0.1, 0.15) is 0 Å². The molecule has 4 heteroatoms. The molecule has 4 nitrogen and oxygen atoms in total. The van der Waals surface area contributed by atoms with E-state index in [4.69, 9.17) is 9.47 Å². The topological polar surface area (TPSA) is 38.8 Å². The Morgan fingerprint density at radius 1 is 1.47 bits per heavy atom. The lowest BCUT2D eigenvalue weighted by Gasteiger charge is -2.30. The molecule has 0 bridgehead atoms. The molecule has 2 rings (SSSR count). The summed E-state index contributed by atoms with van der Waals surface area (Å²) in [5.74, 6) is 0.0196. The van der Waals surface area contributed by atoms with E-state index in [-0.39, 0.29) is 11.9 Å². The lowest BCUT2D eigenvalue weighted by molar-refractivity contribution is -0.145. The van der Waals surface area contributed by atoms with Gasteiger partial charge in [0.2, 0.25) is 0 Å². The van der Waals surface area contributed by atoms with Crippen molar-refractivity contribution in [3.8, 4) is 0 Å². The van der Waals surface area contributed by atoms with Crippen molar-refractivity contribution in [3.05, 3.63) is 0 Å². The van der Waals surface area contributed by atoms with Crippen molar-refractivity contribution in [3.63, 3.8) is 0 Å². The first kappa shape index (κ1) is 10.9. The molecule has 0 N–H and O–H groups in total. The lowest BCUT2D eigenvalue weighted by atomic mass is 10.1. The molecule has 2 aliphatic rings. The molecule has 0 spiro atoms. The zero-order valence-corrected chi connectivity index (χ0v) is 9.28. The fraction of sp³-hybridized carbons (Fsp3) is 0.909. The van der Waals surface area contributed by atoms with Gasteiger partial charge in [0.05, 0.1) is 19.6 Å². The fourth-order valence-corrected chi connectivity index (χ4v) is 2.49. The number of rotatable bonds is 2. The van der Waals surface area contributed by atoms with Crippen LogP contribution in [0.5, 0.6) is 0 Å². The number of hydrogen-bond donors (Lipinski definition) is 0. The third-order valence-electron chi connectivity index (χ3n) is 3.41. The first-order valence-electron chi connectivity index (χ1n) is 5.71. The minimum atomic E-state index is -0.0609. The van der Waals surface area contributed by atoms with Crippen LogP contribution >= 0.6 is 0 Å². The van der Waals surface area contributed by atoms with E-state index in [1.165, 1.54) is 13.5 Å². The summed E-state index contributed by atoms with van der Waals surface area (Å²) in [6.45, 7) is 3.58. The van der Waals surface area contributed by atoms with Gasteiger partial charge >= 0.3 is 5.97 Å². The van der Waals surface area contributed by atoms with Crippen LogP contribution in [-0.2, 0) is 14.3 Å². The van der Waals surface area contributed by atoms with E-state index in [0.717, 1.165) is 39.1 Å². The van der Waals surface area contributed by atoms with Crippen LogP contribution in [0.4, 0.5) is 0 Å². The van der Waals surface area contributed by atoms with Crippen LogP contribution < -0.4 is 0 Å². The van der Waals surface area contributed by atoms with Crippen molar-refractivity contribution in [2.75, 3.05) is 33.4 Å². The van der Waals surface area contributed by atoms with Gasteiger partial charge < -0.3 is 9.47 Å². The third-order valence-corrected chi connectivity index (χ3v) is 3.41. The molecule has 0 amide bonds. The molecule has 15 heavy (non-hydrogen) atoms. The highest BCUT2D eigenvalue weighted by Gasteiger charge is 2.33. The summed E-state index contributed by atoms with van der Waals surface area (Å²) in [4.78, 5) is 13.7. The van der Waals surface area contributed by atoms with Crippen LogP contribution in [0.15, 0.2) is 0 Å². The van der Waals surface area contributed by atoms with Crippen molar-refractivity contribution in [1.82, 2.24) is 4.90 Å². The molecule has 2 atom stereocenters. The van der Waals surface area contributed by atoms with Gasteiger partial charge in [-0.2, -0.15) is 0 Å². The summed E-state index contributed by atoms with van der Waals surface area (Å²) >= 11 is 0. The largest absolute Gasteiger partial charge is 0.469 e. The third kappa shape index (κ3) is 2.49. The fourth-order valence-electron chi connectivity index (χ4n) is 2.49. The SMILES string of the molecule is COC(=O)C1CCN(C2CCCOC2)C1. The second-order valence-electron chi connectivity index (χ2n) is 4.37. The Bertz CT molecular complexity index is 226. The van der Waals surface area contributed by atoms with Crippen LogP contribution in [-0.4, -0.2) is 50.3 Å². The smallest absolute Gasteiger partial charge is 0.310 e. The van der Waals surface area contributed by atoms with Gasteiger partial charge in [-0.3, -0.25) is 9.69 Å². The lowest BCUT2D eigenvalue weighted by Crippen LogP contribution is -2.40. The highest BCUT2D eigenvalue weighted by Crippen LogP contribution is 2.23. The van der Waals surface area contributed by atoms with E-state index in [0.29, 0.717) is 6.04 Å². The van der Waals surface area contributed by atoms with Gasteiger partial charge in [0, 0.05) is 19.2 Å².